The van der Waals surface area contributed by atoms with Gasteiger partial charge in [0.2, 0.25) is 0 Å². The van der Waals surface area contributed by atoms with E-state index in [4.69, 9.17) is 18.9 Å². The van der Waals surface area contributed by atoms with Crippen molar-refractivity contribution in [2.24, 2.45) is 23.2 Å². The van der Waals surface area contributed by atoms with E-state index >= 15 is 0 Å². The number of aliphatic hydroxyl groups excluding tert-OH is 1. The Hall–Kier alpha value is -2.42. The Morgan fingerprint density at radius 1 is 1.16 bits per heavy atom. The van der Waals surface area contributed by atoms with Gasteiger partial charge in [-0.1, -0.05) is 27.4 Å². The number of fused-ring (bicyclic) bond motifs is 2. The van der Waals surface area contributed by atoms with E-state index in [0.717, 1.165) is 0 Å². The molecule has 1 heterocycles. The molecule has 2 aliphatic carbocycles. The summed E-state index contributed by atoms with van der Waals surface area (Å²) in [4.78, 5) is 49.0. The molecule has 9 nitrogen and oxygen atoms in total. The van der Waals surface area contributed by atoms with Crippen LogP contribution in [0, 0.1) is 23.2 Å². The van der Waals surface area contributed by atoms with Crippen molar-refractivity contribution >= 4 is 23.9 Å². The van der Waals surface area contributed by atoms with Gasteiger partial charge in [-0.3, -0.25) is 14.4 Å². The molecule has 9 heteroatoms. The summed E-state index contributed by atoms with van der Waals surface area (Å²) in [6.07, 6.45) is -3.46. The van der Waals surface area contributed by atoms with E-state index in [1.165, 1.54) is 13.8 Å². The monoisotopic (exact) mass is 452 g/mol. The van der Waals surface area contributed by atoms with E-state index in [-0.39, 0.29) is 5.57 Å². The predicted molar refractivity (Wildman–Crippen MR) is 110 cm³/mol. The largest absolute Gasteiger partial charge is 0.461 e. The third-order valence-electron chi connectivity index (χ3n) is 7.21. The SMILES string of the molecule is C=C1C(=O)O[C@@H]2[C@H]1[C@@H](O)[C@@H]1[C@@](C)([C@@H]2OC(C)=O)[C@H](OC(=O)C(C)C)CC[C@@]1(C)OC(C)=O. The molecule has 2 saturated carbocycles. The van der Waals surface area contributed by atoms with E-state index in [2.05, 4.69) is 6.58 Å². The van der Waals surface area contributed by atoms with Gasteiger partial charge in [0.25, 0.3) is 0 Å². The summed E-state index contributed by atoms with van der Waals surface area (Å²) < 4.78 is 22.7. The summed E-state index contributed by atoms with van der Waals surface area (Å²) in [5.41, 5.74) is -2.33. The lowest BCUT2D eigenvalue weighted by Crippen LogP contribution is -2.72. The number of rotatable bonds is 4. The van der Waals surface area contributed by atoms with Crippen LogP contribution < -0.4 is 0 Å². The lowest BCUT2D eigenvalue weighted by Gasteiger charge is -2.61. The van der Waals surface area contributed by atoms with Crippen molar-refractivity contribution in [3.63, 3.8) is 0 Å². The highest BCUT2D eigenvalue weighted by molar-refractivity contribution is 5.91. The molecule has 3 rings (SSSR count). The maximum absolute atomic E-state index is 12.5. The molecule has 32 heavy (non-hydrogen) atoms. The number of carbonyl (C=O) groups is 4. The minimum atomic E-state index is -1.22. The van der Waals surface area contributed by atoms with Crippen molar-refractivity contribution in [3.05, 3.63) is 12.2 Å². The number of hydrogen-bond acceptors (Lipinski definition) is 9. The number of aliphatic hydroxyl groups is 1. The Kier molecular flexibility index (Phi) is 6.19. The predicted octanol–water partition coefficient (Wildman–Crippen LogP) is 1.70. The van der Waals surface area contributed by atoms with E-state index < -0.39 is 77.1 Å². The molecule has 8 atom stereocenters. The molecule has 0 unspecified atom stereocenters. The van der Waals surface area contributed by atoms with E-state index in [1.54, 1.807) is 27.7 Å². The molecule has 0 amide bonds. The standard InChI is InChI=1S/C23H32O9/c1-10(2)20(27)30-14-8-9-22(6,32-13(5)25)18-16(26)15-11(3)21(28)31-17(15)19(23(14,18)7)29-12(4)24/h10,14-19,26H,3,8-9H2,1-2,4-7H3/t14-,15-,16-,17-,18+,19-,22-,23+/m1/s1. The van der Waals surface area contributed by atoms with Gasteiger partial charge in [-0.25, -0.2) is 4.79 Å². The van der Waals surface area contributed by atoms with Crippen molar-refractivity contribution in [2.75, 3.05) is 0 Å². The minimum Gasteiger partial charge on any atom is -0.461 e. The molecule has 3 aliphatic rings. The van der Waals surface area contributed by atoms with Crippen LogP contribution in [0.1, 0.15) is 54.4 Å². The van der Waals surface area contributed by atoms with Gasteiger partial charge >= 0.3 is 23.9 Å². The Morgan fingerprint density at radius 2 is 1.78 bits per heavy atom. The second-order valence-corrected chi connectivity index (χ2v) is 9.81. The second kappa shape index (κ2) is 8.17. The molecule has 0 bridgehead atoms. The van der Waals surface area contributed by atoms with Crippen LogP contribution >= 0.6 is 0 Å². The maximum atomic E-state index is 12.5. The number of esters is 4. The Morgan fingerprint density at radius 3 is 2.31 bits per heavy atom. The van der Waals surface area contributed by atoms with Crippen LogP contribution in [0.15, 0.2) is 12.2 Å². The average molecular weight is 453 g/mol. The Labute approximate surface area is 187 Å². The fourth-order valence-corrected chi connectivity index (χ4v) is 5.93. The molecule has 0 aromatic rings. The van der Waals surface area contributed by atoms with Crippen LogP contribution in [-0.4, -0.2) is 59.0 Å². The second-order valence-electron chi connectivity index (χ2n) is 9.81. The van der Waals surface area contributed by atoms with Crippen LogP contribution in [0.5, 0.6) is 0 Å². The van der Waals surface area contributed by atoms with Crippen molar-refractivity contribution in [3.8, 4) is 0 Å². The van der Waals surface area contributed by atoms with Crippen LogP contribution in [0.3, 0.4) is 0 Å². The Bertz CT molecular complexity index is 848. The highest BCUT2D eigenvalue weighted by Gasteiger charge is 2.72. The van der Waals surface area contributed by atoms with Gasteiger partial charge in [-0.05, 0) is 19.8 Å². The van der Waals surface area contributed by atoms with E-state index in [9.17, 15) is 24.3 Å². The van der Waals surface area contributed by atoms with E-state index in [0.29, 0.717) is 12.8 Å². The van der Waals surface area contributed by atoms with Gasteiger partial charge in [0, 0.05) is 25.3 Å². The molecule has 1 aliphatic heterocycles. The van der Waals surface area contributed by atoms with Gasteiger partial charge in [-0.15, -0.1) is 0 Å². The quantitative estimate of drug-likeness (QED) is 0.385. The van der Waals surface area contributed by atoms with Gasteiger partial charge in [0.1, 0.15) is 23.9 Å². The minimum absolute atomic E-state index is 0.0631. The Balaban J connectivity index is 2.19. The highest BCUT2D eigenvalue weighted by Crippen LogP contribution is 2.61. The van der Waals surface area contributed by atoms with Gasteiger partial charge in [0.15, 0.2) is 0 Å². The fraction of sp³-hybridized carbons (Fsp3) is 0.739. The van der Waals surface area contributed by atoms with Crippen LogP contribution in [-0.2, 0) is 38.1 Å². The summed E-state index contributed by atoms with van der Waals surface area (Å²) in [5, 5.41) is 11.5. The molecular formula is C23H32O9. The molecule has 3 fully saturated rings. The van der Waals surface area contributed by atoms with Crippen molar-refractivity contribution < 1.29 is 43.2 Å². The maximum Gasteiger partial charge on any atom is 0.334 e. The first kappa shape index (κ1) is 24.2. The van der Waals surface area contributed by atoms with E-state index in [1.807, 2.05) is 0 Å². The van der Waals surface area contributed by atoms with Gasteiger partial charge in [0.05, 0.1) is 23.4 Å². The summed E-state index contributed by atoms with van der Waals surface area (Å²) in [6.45, 7) is 13.1. The number of carbonyl (C=O) groups excluding carboxylic acids is 4. The molecule has 0 radical (unpaired) electrons. The molecule has 0 spiro atoms. The topological polar surface area (TPSA) is 125 Å². The van der Waals surface area contributed by atoms with Crippen molar-refractivity contribution in [1.29, 1.82) is 0 Å². The first-order chi connectivity index (χ1) is 14.7. The number of ether oxygens (including phenoxy) is 4. The molecule has 1 N–H and O–H groups in total. The zero-order valence-corrected chi connectivity index (χ0v) is 19.4. The molecule has 0 aromatic heterocycles. The summed E-state index contributed by atoms with van der Waals surface area (Å²) in [5.74, 6) is -4.40. The average Bonchev–Trinajstić information content (AvgIpc) is 2.95. The van der Waals surface area contributed by atoms with Crippen LogP contribution in [0.25, 0.3) is 0 Å². The highest BCUT2D eigenvalue weighted by atomic mass is 16.6. The van der Waals surface area contributed by atoms with Gasteiger partial charge < -0.3 is 24.1 Å². The van der Waals surface area contributed by atoms with Crippen molar-refractivity contribution in [2.45, 2.75) is 84.4 Å². The molecule has 1 saturated heterocycles. The molecule has 178 valence electrons. The lowest BCUT2D eigenvalue weighted by molar-refractivity contribution is -0.281. The van der Waals surface area contributed by atoms with Crippen LogP contribution in [0.4, 0.5) is 0 Å². The lowest BCUT2D eigenvalue weighted by atomic mass is 9.49. The fourth-order valence-electron chi connectivity index (χ4n) is 5.93. The molecular weight excluding hydrogens is 420 g/mol. The zero-order valence-electron chi connectivity index (χ0n) is 19.4. The van der Waals surface area contributed by atoms with Crippen molar-refractivity contribution in [1.82, 2.24) is 0 Å². The smallest absolute Gasteiger partial charge is 0.334 e. The summed E-state index contributed by atoms with van der Waals surface area (Å²) in [7, 11) is 0. The first-order valence-electron chi connectivity index (χ1n) is 10.9. The third kappa shape index (κ3) is 3.70. The third-order valence-corrected chi connectivity index (χ3v) is 7.21. The zero-order chi connectivity index (χ0) is 24.2. The molecule has 0 aromatic carbocycles. The van der Waals surface area contributed by atoms with Gasteiger partial charge in [-0.2, -0.15) is 0 Å². The summed E-state index contributed by atoms with van der Waals surface area (Å²) in [6, 6.07) is 0. The summed E-state index contributed by atoms with van der Waals surface area (Å²) >= 11 is 0. The number of hydrogen-bond donors (Lipinski definition) is 1. The van der Waals surface area contributed by atoms with Crippen LogP contribution in [0.2, 0.25) is 0 Å². The first-order valence-corrected chi connectivity index (χ1v) is 10.9. The normalized spacial score (nSPS) is 40.8.